The third kappa shape index (κ3) is 6.39. The Labute approximate surface area is 181 Å². The highest BCUT2D eigenvalue weighted by atomic mass is 127. The predicted molar refractivity (Wildman–Crippen MR) is 120 cm³/mol. The summed E-state index contributed by atoms with van der Waals surface area (Å²) in [6.45, 7) is 1.41. The number of nitrogens with one attached hydrogen (secondary N) is 2. The third-order valence-electron chi connectivity index (χ3n) is 4.09. The number of likely N-dealkylation sites (N-methyl/N-ethyl adjacent to an activating group) is 1. The molecule has 2 N–H and O–H groups in total. The lowest BCUT2D eigenvalue weighted by atomic mass is 10.1. The second kappa shape index (κ2) is 10.5. The van der Waals surface area contributed by atoms with Crippen molar-refractivity contribution in [3.63, 3.8) is 0 Å². The molecule has 1 aliphatic rings. The number of aliphatic imine (C=N–C) groups is 1. The van der Waals surface area contributed by atoms with Gasteiger partial charge in [0.2, 0.25) is 5.91 Å². The van der Waals surface area contributed by atoms with Gasteiger partial charge in [-0.05, 0) is 23.1 Å². The summed E-state index contributed by atoms with van der Waals surface area (Å²) < 4.78 is 5.95. The lowest BCUT2D eigenvalue weighted by Gasteiger charge is -2.16. The first-order chi connectivity index (χ1) is 12.6. The molecule has 6 nitrogen and oxygen atoms in total. The molecule has 0 spiro atoms. The van der Waals surface area contributed by atoms with Gasteiger partial charge in [-0.25, -0.2) is 4.99 Å². The number of hydrogen-bond acceptors (Lipinski definition) is 4. The van der Waals surface area contributed by atoms with Crippen LogP contribution in [0.5, 0.6) is 5.75 Å². The largest absolute Gasteiger partial charge is 0.488 e. The number of guanidine groups is 1. The minimum absolute atomic E-state index is 0. The number of hydrogen-bond donors (Lipinski definition) is 2. The van der Waals surface area contributed by atoms with Gasteiger partial charge < -0.3 is 20.3 Å². The Morgan fingerprint density at radius 1 is 1.26 bits per heavy atom. The van der Waals surface area contributed by atoms with E-state index >= 15 is 0 Å². The quantitative estimate of drug-likeness (QED) is 0.364. The summed E-state index contributed by atoms with van der Waals surface area (Å²) >= 11 is 1.68. The molecular formula is C19H25IN4O2S. The fourth-order valence-corrected chi connectivity index (χ4v) is 3.27. The maximum atomic E-state index is 11.8. The van der Waals surface area contributed by atoms with Gasteiger partial charge in [-0.15, -0.1) is 35.3 Å². The van der Waals surface area contributed by atoms with Crippen molar-refractivity contribution in [2.45, 2.75) is 19.1 Å². The van der Waals surface area contributed by atoms with Gasteiger partial charge in [-0.3, -0.25) is 4.79 Å². The number of rotatable bonds is 6. The molecule has 1 aromatic heterocycles. The average molecular weight is 500 g/mol. The van der Waals surface area contributed by atoms with E-state index in [2.05, 4.69) is 27.8 Å². The zero-order chi connectivity index (χ0) is 18.4. The Morgan fingerprint density at radius 3 is 2.78 bits per heavy atom. The smallest absolute Gasteiger partial charge is 0.243 e. The van der Waals surface area contributed by atoms with E-state index in [1.807, 2.05) is 29.6 Å². The lowest BCUT2D eigenvalue weighted by molar-refractivity contribution is -0.127. The first-order valence-corrected chi connectivity index (χ1v) is 9.49. The lowest BCUT2D eigenvalue weighted by Crippen LogP contribution is -2.42. The number of carbonyl (C=O) groups is 1. The molecule has 1 amide bonds. The first kappa shape index (κ1) is 21.5. The Bertz CT molecular complexity index is 740. The second-order valence-electron chi connectivity index (χ2n) is 6.32. The Morgan fingerprint density at radius 2 is 2.07 bits per heavy atom. The van der Waals surface area contributed by atoms with Crippen LogP contribution in [0.3, 0.4) is 0 Å². The van der Waals surface area contributed by atoms with Crippen molar-refractivity contribution in [1.29, 1.82) is 0 Å². The van der Waals surface area contributed by atoms with Crippen LogP contribution in [0.2, 0.25) is 0 Å². The Balaban J connectivity index is 0.00000261. The van der Waals surface area contributed by atoms with Crippen molar-refractivity contribution < 1.29 is 9.53 Å². The van der Waals surface area contributed by atoms with Crippen LogP contribution < -0.4 is 15.4 Å². The average Bonchev–Trinajstić information content (AvgIpc) is 3.29. The summed E-state index contributed by atoms with van der Waals surface area (Å²) in [7, 11) is 3.46. The van der Waals surface area contributed by atoms with Crippen LogP contribution in [0.4, 0.5) is 0 Å². The van der Waals surface area contributed by atoms with Crippen molar-refractivity contribution in [3.8, 4) is 5.75 Å². The minimum Gasteiger partial charge on any atom is -0.488 e. The van der Waals surface area contributed by atoms with Gasteiger partial charge in [0.15, 0.2) is 5.96 Å². The fourth-order valence-electron chi connectivity index (χ4n) is 2.62. The zero-order valence-corrected chi connectivity index (χ0v) is 18.6. The van der Waals surface area contributed by atoms with E-state index in [1.54, 1.807) is 25.4 Å². The van der Waals surface area contributed by atoms with Gasteiger partial charge >= 0.3 is 0 Å². The first-order valence-electron chi connectivity index (χ1n) is 8.61. The van der Waals surface area contributed by atoms with Crippen LogP contribution in [0, 0.1) is 0 Å². The standard InChI is InChI=1S/C19H24N4O2S.HI/c1-23(2)18(24)13-22-19(21-12-16-7-5-9-26-16)20-11-15-10-14-6-3-4-8-17(14)25-15;/h3-9,15H,10-13H2,1-2H3,(H2,20,21,22);1H. The van der Waals surface area contributed by atoms with Crippen molar-refractivity contribution in [3.05, 3.63) is 52.2 Å². The molecule has 146 valence electrons. The summed E-state index contributed by atoms with van der Waals surface area (Å²) in [6.07, 6.45) is 0.934. The number of para-hydroxylation sites is 1. The van der Waals surface area contributed by atoms with Crippen molar-refractivity contribution in [2.24, 2.45) is 4.99 Å². The number of ether oxygens (including phenoxy) is 1. The molecular weight excluding hydrogens is 475 g/mol. The van der Waals surface area contributed by atoms with E-state index in [0.29, 0.717) is 19.0 Å². The van der Waals surface area contributed by atoms with Crippen LogP contribution >= 0.6 is 35.3 Å². The van der Waals surface area contributed by atoms with E-state index in [1.165, 1.54) is 15.3 Å². The topological polar surface area (TPSA) is 66.0 Å². The van der Waals surface area contributed by atoms with E-state index in [-0.39, 0.29) is 42.5 Å². The third-order valence-corrected chi connectivity index (χ3v) is 4.97. The zero-order valence-electron chi connectivity index (χ0n) is 15.5. The van der Waals surface area contributed by atoms with Gasteiger partial charge in [0.25, 0.3) is 0 Å². The Hall–Kier alpha value is -1.81. The van der Waals surface area contributed by atoms with E-state index in [4.69, 9.17) is 4.74 Å². The molecule has 1 atom stereocenters. The van der Waals surface area contributed by atoms with Crippen molar-refractivity contribution in [2.75, 3.05) is 27.2 Å². The molecule has 0 fully saturated rings. The number of fused-ring (bicyclic) bond motifs is 1. The molecule has 1 aromatic carbocycles. The van der Waals surface area contributed by atoms with Crippen LogP contribution in [0.25, 0.3) is 0 Å². The molecule has 1 unspecified atom stereocenters. The van der Waals surface area contributed by atoms with Crippen molar-refractivity contribution >= 4 is 47.2 Å². The summed E-state index contributed by atoms with van der Waals surface area (Å²) in [6, 6.07) is 12.2. The van der Waals surface area contributed by atoms with Gasteiger partial charge in [0, 0.05) is 25.4 Å². The predicted octanol–water partition coefficient (Wildman–Crippen LogP) is 2.49. The van der Waals surface area contributed by atoms with Crippen LogP contribution in [-0.2, 0) is 17.8 Å². The molecule has 3 rings (SSSR count). The number of amides is 1. The molecule has 0 saturated heterocycles. The highest BCUT2D eigenvalue weighted by Gasteiger charge is 2.22. The van der Waals surface area contributed by atoms with E-state index in [9.17, 15) is 4.79 Å². The molecule has 0 aliphatic carbocycles. The molecule has 0 radical (unpaired) electrons. The molecule has 8 heteroatoms. The van der Waals surface area contributed by atoms with Gasteiger partial charge in [-0.2, -0.15) is 0 Å². The second-order valence-corrected chi connectivity index (χ2v) is 7.35. The number of carbonyl (C=O) groups excluding carboxylic acids is 1. The summed E-state index contributed by atoms with van der Waals surface area (Å²) in [5.74, 6) is 1.53. The maximum absolute atomic E-state index is 11.8. The van der Waals surface area contributed by atoms with Gasteiger partial charge in [0.1, 0.15) is 18.4 Å². The maximum Gasteiger partial charge on any atom is 0.243 e. The molecule has 0 saturated carbocycles. The van der Waals surface area contributed by atoms with E-state index in [0.717, 1.165) is 12.2 Å². The van der Waals surface area contributed by atoms with Crippen molar-refractivity contribution in [1.82, 2.24) is 15.5 Å². The van der Waals surface area contributed by atoms with Gasteiger partial charge in [-0.1, -0.05) is 24.3 Å². The Kier molecular flexibility index (Phi) is 8.36. The monoisotopic (exact) mass is 500 g/mol. The molecule has 2 heterocycles. The highest BCUT2D eigenvalue weighted by molar-refractivity contribution is 14.0. The molecule has 2 aromatic rings. The minimum atomic E-state index is -0.0354. The summed E-state index contributed by atoms with van der Waals surface area (Å²) in [4.78, 5) is 19.0. The number of benzene rings is 1. The molecule has 27 heavy (non-hydrogen) atoms. The fraction of sp³-hybridized carbons (Fsp3) is 0.368. The summed E-state index contributed by atoms with van der Waals surface area (Å²) in [5.41, 5.74) is 1.23. The van der Waals surface area contributed by atoms with Crippen LogP contribution in [0.1, 0.15) is 10.4 Å². The number of thiophene rings is 1. The number of halogens is 1. The highest BCUT2D eigenvalue weighted by Crippen LogP contribution is 2.27. The van der Waals surface area contributed by atoms with Gasteiger partial charge in [0.05, 0.1) is 13.1 Å². The van der Waals surface area contributed by atoms with Crippen LogP contribution in [0.15, 0.2) is 46.8 Å². The summed E-state index contributed by atoms with van der Waals surface area (Å²) in [5, 5.41) is 8.63. The van der Waals surface area contributed by atoms with Crippen LogP contribution in [-0.4, -0.2) is 50.1 Å². The number of nitrogens with zero attached hydrogens (tertiary/aromatic N) is 2. The molecule has 0 bridgehead atoms. The van der Waals surface area contributed by atoms with E-state index < -0.39 is 0 Å². The SMILES string of the molecule is CN(C)C(=O)CN=C(NCc1cccs1)NCC1Cc2ccccc2O1.I. The normalized spacial score (nSPS) is 15.3. The molecule has 1 aliphatic heterocycles.